The summed E-state index contributed by atoms with van der Waals surface area (Å²) in [5.74, 6) is -0.139. The van der Waals surface area contributed by atoms with Crippen LogP contribution in [0.2, 0.25) is 0 Å². The highest BCUT2D eigenvalue weighted by Gasteiger charge is 2.30. The van der Waals surface area contributed by atoms with E-state index in [4.69, 9.17) is 0 Å². The van der Waals surface area contributed by atoms with E-state index in [1.165, 1.54) is 30.0 Å². The third kappa shape index (κ3) is 4.98. The molecule has 0 aliphatic heterocycles. The highest BCUT2D eigenvalue weighted by atomic mass is 32.2. The Hall–Kier alpha value is -2.22. The van der Waals surface area contributed by atoms with Crippen LogP contribution in [0.15, 0.2) is 53.4 Å². The van der Waals surface area contributed by atoms with Crippen LogP contribution >= 0.6 is 0 Å². The Morgan fingerprint density at radius 3 is 2.39 bits per heavy atom. The second kappa shape index (κ2) is 8.43. The van der Waals surface area contributed by atoms with Crippen LogP contribution in [-0.2, 0) is 21.4 Å². The van der Waals surface area contributed by atoms with E-state index < -0.39 is 10.0 Å². The minimum atomic E-state index is -3.56. The van der Waals surface area contributed by atoms with Gasteiger partial charge in [-0.05, 0) is 43.0 Å². The number of nitrogens with zero attached hydrogens (tertiary/aromatic N) is 2. The van der Waals surface area contributed by atoms with Gasteiger partial charge >= 0.3 is 0 Å². The Bertz CT molecular complexity index is 939. The lowest BCUT2D eigenvalue weighted by Crippen LogP contribution is -2.34. The number of carbonyl (C=O) groups excluding carboxylic acids is 1. The monoisotopic (exact) mass is 401 g/mol. The summed E-state index contributed by atoms with van der Waals surface area (Å²) >= 11 is 0. The highest BCUT2D eigenvalue weighted by molar-refractivity contribution is 7.89. The molecule has 3 rings (SSSR count). The topological polar surface area (TPSA) is 69.7 Å². The maximum atomic E-state index is 12.6. The Balaban J connectivity index is 1.70. The minimum absolute atomic E-state index is 0.139. The molecule has 0 atom stereocenters. The van der Waals surface area contributed by atoms with Crippen LogP contribution < -0.4 is 5.32 Å². The Labute approximate surface area is 167 Å². The molecule has 0 saturated heterocycles. The Kier molecular flexibility index (Phi) is 6.17. The number of anilines is 1. The zero-order valence-electron chi connectivity index (χ0n) is 16.6. The molecule has 0 spiro atoms. The highest BCUT2D eigenvalue weighted by Crippen LogP contribution is 2.28. The van der Waals surface area contributed by atoms with Gasteiger partial charge in [0, 0.05) is 32.4 Å². The zero-order chi connectivity index (χ0) is 20.3. The summed E-state index contributed by atoms with van der Waals surface area (Å²) in [6.45, 7) is 2.76. The fourth-order valence-electron chi connectivity index (χ4n) is 3.11. The van der Waals surface area contributed by atoms with Crippen LogP contribution in [0, 0.1) is 6.92 Å². The maximum absolute atomic E-state index is 12.6. The van der Waals surface area contributed by atoms with E-state index in [-0.39, 0.29) is 17.3 Å². The van der Waals surface area contributed by atoms with Crippen molar-refractivity contribution in [3.63, 3.8) is 0 Å². The molecule has 2 aromatic carbocycles. The van der Waals surface area contributed by atoms with E-state index in [0.717, 1.165) is 19.4 Å². The number of rotatable bonds is 8. The molecular formula is C21H27N3O3S. The molecule has 0 unspecified atom stereocenters. The summed E-state index contributed by atoms with van der Waals surface area (Å²) in [5, 5.41) is 2.86. The van der Waals surface area contributed by atoms with Crippen LogP contribution in [0.1, 0.15) is 24.0 Å². The van der Waals surface area contributed by atoms with Crippen molar-refractivity contribution < 1.29 is 13.2 Å². The third-order valence-electron chi connectivity index (χ3n) is 4.87. The molecule has 1 saturated carbocycles. The van der Waals surface area contributed by atoms with E-state index in [2.05, 4.69) is 22.3 Å². The van der Waals surface area contributed by atoms with Crippen molar-refractivity contribution in [2.24, 2.45) is 0 Å². The van der Waals surface area contributed by atoms with Gasteiger partial charge in [-0.3, -0.25) is 9.69 Å². The molecule has 1 aliphatic rings. The first kappa shape index (κ1) is 20.5. The van der Waals surface area contributed by atoms with Gasteiger partial charge in [-0.2, -0.15) is 0 Å². The first-order valence-corrected chi connectivity index (χ1v) is 10.8. The Morgan fingerprint density at radius 2 is 1.79 bits per heavy atom. The van der Waals surface area contributed by atoms with E-state index >= 15 is 0 Å². The zero-order valence-corrected chi connectivity index (χ0v) is 17.4. The molecule has 1 amide bonds. The van der Waals surface area contributed by atoms with Crippen molar-refractivity contribution in [1.29, 1.82) is 0 Å². The summed E-state index contributed by atoms with van der Waals surface area (Å²) in [5.41, 5.74) is 2.32. The van der Waals surface area contributed by atoms with Gasteiger partial charge in [-0.15, -0.1) is 0 Å². The summed E-state index contributed by atoms with van der Waals surface area (Å²) < 4.78 is 26.1. The van der Waals surface area contributed by atoms with Gasteiger partial charge in [-0.25, -0.2) is 12.7 Å². The SMILES string of the molecule is Cc1ccc(NC(=O)CN(Cc2ccccc2)C2CC2)cc1S(=O)(=O)N(C)C. The fraction of sp³-hybridized carbons (Fsp3) is 0.381. The molecule has 7 heteroatoms. The number of hydrogen-bond donors (Lipinski definition) is 1. The van der Waals surface area contributed by atoms with Crippen molar-refractivity contribution in [3.05, 3.63) is 59.7 Å². The predicted octanol–water partition coefficient (Wildman–Crippen LogP) is 2.85. The van der Waals surface area contributed by atoms with Gasteiger partial charge in [-0.1, -0.05) is 36.4 Å². The lowest BCUT2D eigenvalue weighted by atomic mass is 10.2. The van der Waals surface area contributed by atoms with Crippen LogP contribution in [0.5, 0.6) is 0 Å². The lowest BCUT2D eigenvalue weighted by Gasteiger charge is -2.22. The van der Waals surface area contributed by atoms with Gasteiger partial charge in [0.05, 0.1) is 11.4 Å². The molecule has 0 bridgehead atoms. The molecule has 28 heavy (non-hydrogen) atoms. The van der Waals surface area contributed by atoms with Crippen molar-refractivity contribution in [1.82, 2.24) is 9.21 Å². The first-order valence-electron chi connectivity index (χ1n) is 9.38. The normalized spacial score (nSPS) is 14.5. The molecule has 1 aliphatic carbocycles. The number of hydrogen-bond acceptors (Lipinski definition) is 4. The molecular weight excluding hydrogens is 374 g/mol. The molecule has 0 radical (unpaired) electrons. The average molecular weight is 402 g/mol. The fourth-order valence-corrected chi connectivity index (χ4v) is 4.25. The van der Waals surface area contributed by atoms with Crippen LogP contribution in [0.3, 0.4) is 0 Å². The lowest BCUT2D eigenvalue weighted by molar-refractivity contribution is -0.117. The van der Waals surface area contributed by atoms with Gasteiger partial charge < -0.3 is 5.32 Å². The number of aryl methyl sites for hydroxylation is 1. The molecule has 1 fully saturated rings. The minimum Gasteiger partial charge on any atom is -0.325 e. The largest absolute Gasteiger partial charge is 0.325 e. The van der Waals surface area contributed by atoms with E-state index in [9.17, 15) is 13.2 Å². The van der Waals surface area contributed by atoms with Gasteiger partial charge in [0.15, 0.2) is 0 Å². The van der Waals surface area contributed by atoms with Crippen LogP contribution in [0.4, 0.5) is 5.69 Å². The number of nitrogens with one attached hydrogen (secondary N) is 1. The molecule has 6 nitrogen and oxygen atoms in total. The summed E-state index contributed by atoms with van der Waals surface area (Å²) in [7, 11) is -0.567. The second-order valence-electron chi connectivity index (χ2n) is 7.44. The van der Waals surface area contributed by atoms with Crippen LogP contribution in [-0.4, -0.2) is 50.2 Å². The Morgan fingerprint density at radius 1 is 1.11 bits per heavy atom. The number of sulfonamides is 1. The molecule has 0 aromatic heterocycles. The summed E-state index contributed by atoms with van der Waals surface area (Å²) in [6, 6.07) is 15.5. The predicted molar refractivity (Wildman–Crippen MR) is 111 cm³/mol. The van der Waals surface area contributed by atoms with E-state index in [1.54, 1.807) is 19.1 Å². The number of amides is 1. The van der Waals surface area contributed by atoms with Gasteiger partial charge in [0.1, 0.15) is 0 Å². The second-order valence-corrected chi connectivity index (χ2v) is 9.56. The standard InChI is InChI=1S/C21H27N3O3S/c1-16-9-10-18(13-20(16)28(26,27)23(2)3)22-21(25)15-24(19-11-12-19)14-17-7-5-4-6-8-17/h4-10,13,19H,11-12,14-15H2,1-3H3,(H,22,25). The summed E-state index contributed by atoms with van der Waals surface area (Å²) in [6.07, 6.45) is 2.21. The van der Waals surface area contributed by atoms with Crippen LogP contribution in [0.25, 0.3) is 0 Å². The molecule has 0 heterocycles. The van der Waals surface area contributed by atoms with Crippen molar-refractivity contribution in [2.45, 2.75) is 37.2 Å². The average Bonchev–Trinajstić information content (AvgIpc) is 3.48. The van der Waals surface area contributed by atoms with Gasteiger partial charge in [0.2, 0.25) is 15.9 Å². The first-order chi connectivity index (χ1) is 13.3. The van der Waals surface area contributed by atoms with Crippen molar-refractivity contribution >= 4 is 21.6 Å². The molecule has 150 valence electrons. The maximum Gasteiger partial charge on any atom is 0.242 e. The quantitative estimate of drug-likeness (QED) is 0.738. The number of benzene rings is 2. The molecule has 2 aromatic rings. The van der Waals surface area contributed by atoms with Gasteiger partial charge in [0.25, 0.3) is 0 Å². The smallest absolute Gasteiger partial charge is 0.242 e. The van der Waals surface area contributed by atoms with E-state index in [0.29, 0.717) is 17.3 Å². The van der Waals surface area contributed by atoms with E-state index in [1.807, 2.05) is 18.2 Å². The van der Waals surface area contributed by atoms with Crippen molar-refractivity contribution in [2.75, 3.05) is 26.0 Å². The molecule has 1 N–H and O–H groups in total. The number of carbonyl (C=O) groups is 1. The third-order valence-corrected chi connectivity index (χ3v) is 6.83. The summed E-state index contributed by atoms with van der Waals surface area (Å²) in [4.78, 5) is 15.0. The van der Waals surface area contributed by atoms with Crippen molar-refractivity contribution in [3.8, 4) is 0 Å².